The lowest BCUT2D eigenvalue weighted by Gasteiger charge is -2.17. The van der Waals surface area contributed by atoms with E-state index in [0.717, 1.165) is 42.8 Å². The summed E-state index contributed by atoms with van der Waals surface area (Å²) in [5, 5.41) is 7.12. The fourth-order valence-electron chi connectivity index (χ4n) is 3.94. The van der Waals surface area contributed by atoms with Crippen molar-refractivity contribution in [3.63, 3.8) is 0 Å². The zero-order chi connectivity index (χ0) is 22.7. The van der Waals surface area contributed by atoms with Crippen molar-refractivity contribution in [2.45, 2.75) is 39.3 Å². The second-order valence-electron chi connectivity index (χ2n) is 7.84. The van der Waals surface area contributed by atoms with Gasteiger partial charge in [0.15, 0.2) is 17.3 Å². The highest BCUT2D eigenvalue weighted by atomic mass is 35.5. The third-order valence-corrected chi connectivity index (χ3v) is 6.17. The van der Waals surface area contributed by atoms with Crippen LogP contribution in [0.3, 0.4) is 0 Å². The molecule has 6 nitrogen and oxygen atoms in total. The van der Waals surface area contributed by atoms with Crippen LogP contribution in [0.2, 0.25) is 10.0 Å². The Morgan fingerprint density at radius 1 is 1.12 bits per heavy atom. The average molecular weight is 471 g/mol. The number of anilines is 1. The van der Waals surface area contributed by atoms with Gasteiger partial charge in [-0.1, -0.05) is 53.5 Å². The molecule has 1 aromatic heterocycles. The molecule has 166 valence electrons. The number of halogens is 2. The molecular weight excluding hydrogens is 447 g/mol. The molecule has 4 rings (SSSR count). The van der Waals surface area contributed by atoms with Gasteiger partial charge >= 0.3 is 0 Å². The number of rotatable bonds is 7. The van der Waals surface area contributed by atoms with Gasteiger partial charge in [0.1, 0.15) is 5.82 Å². The van der Waals surface area contributed by atoms with Gasteiger partial charge in [-0.15, -0.1) is 0 Å². The Bertz CT molecular complexity index is 1140. The molecule has 0 bridgehead atoms. The number of aromatic nitrogens is 2. The summed E-state index contributed by atoms with van der Waals surface area (Å²) in [4.78, 5) is 30.4. The quantitative estimate of drug-likeness (QED) is 0.473. The Hall–Kier alpha value is -2.83. The van der Waals surface area contributed by atoms with E-state index in [1.807, 2.05) is 35.8 Å². The molecule has 0 aliphatic carbocycles. The van der Waals surface area contributed by atoms with Crippen molar-refractivity contribution < 1.29 is 9.59 Å². The van der Waals surface area contributed by atoms with Crippen LogP contribution in [0.1, 0.15) is 50.6 Å². The van der Waals surface area contributed by atoms with Gasteiger partial charge in [-0.3, -0.25) is 9.59 Å². The average Bonchev–Trinajstić information content (AvgIpc) is 3.15. The van der Waals surface area contributed by atoms with Crippen LogP contribution in [0.4, 0.5) is 5.82 Å². The number of hydrogen-bond acceptors (Lipinski definition) is 4. The number of amides is 1. The molecule has 2 N–H and O–H groups in total. The number of benzene rings is 2. The second kappa shape index (κ2) is 9.76. The predicted octanol–water partition coefficient (Wildman–Crippen LogP) is 5.06. The molecular formula is C24H24Cl2N4O2. The predicted molar refractivity (Wildman–Crippen MR) is 127 cm³/mol. The number of hydrogen-bond donors (Lipinski definition) is 2. The van der Waals surface area contributed by atoms with E-state index in [4.69, 9.17) is 23.2 Å². The van der Waals surface area contributed by atoms with E-state index >= 15 is 0 Å². The third kappa shape index (κ3) is 4.81. The molecule has 0 atom stereocenters. The first kappa shape index (κ1) is 22.4. The maximum Gasteiger partial charge on any atom is 0.272 e. The van der Waals surface area contributed by atoms with Crippen molar-refractivity contribution in [3.05, 3.63) is 80.7 Å². The molecule has 0 spiro atoms. The molecule has 1 amide bonds. The number of Topliss-reactive ketones (excluding diaryl/α,β-unsaturated/α-hetero) is 1. The summed E-state index contributed by atoms with van der Waals surface area (Å²) >= 11 is 12.4. The fourth-order valence-corrected chi connectivity index (χ4v) is 4.60. The van der Waals surface area contributed by atoms with Gasteiger partial charge in [0.25, 0.3) is 5.91 Å². The zero-order valence-corrected chi connectivity index (χ0v) is 19.3. The van der Waals surface area contributed by atoms with Gasteiger partial charge in [-0.25, -0.2) is 4.98 Å². The van der Waals surface area contributed by atoms with Gasteiger partial charge in [0, 0.05) is 35.1 Å². The lowest BCUT2D eigenvalue weighted by Crippen LogP contribution is -2.28. The van der Waals surface area contributed by atoms with Crippen molar-refractivity contribution in [1.29, 1.82) is 0 Å². The first-order valence-electron chi connectivity index (χ1n) is 10.6. The summed E-state index contributed by atoms with van der Waals surface area (Å²) in [5.41, 5.74) is 2.78. The Labute approximate surface area is 196 Å². The largest absolute Gasteiger partial charge is 0.361 e. The maximum atomic E-state index is 13.2. The number of carbonyl (C=O) groups excluding carboxylic acids is 2. The zero-order valence-electron chi connectivity index (χ0n) is 17.8. The molecule has 0 radical (unpaired) electrons. The second-order valence-corrected chi connectivity index (χ2v) is 8.69. The third-order valence-electron chi connectivity index (χ3n) is 5.62. The van der Waals surface area contributed by atoms with Crippen LogP contribution >= 0.6 is 23.2 Å². The summed E-state index contributed by atoms with van der Waals surface area (Å²) in [5.74, 6) is 0.969. The number of imidazole rings is 1. The van der Waals surface area contributed by atoms with E-state index in [9.17, 15) is 9.59 Å². The highest BCUT2D eigenvalue weighted by molar-refractivity contribution is 6.35. The molecule has 0 fully saturated rings. The number of nitrogens with zero attached hydrogens (tertiary/aromatic N) is 2. The van der Waals surface area contributed by atoms with Gasteiger partial charge < -0.3 is 15.2 Å². The minimum atomic E-state index is -0.259. The van der Waals surface area contributed by atoms with Crippen LogP contribution in [-0.4, -0.2) is 27.8 Å². The molecule has 2 aromatic carbocycles. The number of aryl methyl sites for hydroxylation is 2. The highest BCUT2D eigenvalue weighted by Gasteiger charge is 2.25. The van der Waals surface area contributed by atoms with E-state index < -0.39 is 0 Å². The summed E-state index contributed by atoms with van der Waals surface area (Å²) in [7, 11) is 0. The van der Waals surface area contributed by atoms with E-state index in [2.05, 4.69) is 15.6 Å². The SMILES string of the molecule is Cc1cc(Cl)cc(Cl)c1CNC(=O)c1c(NCC(=O)c2ccccc2)nc2n1CCCC2. The standard InChI is InChI=1S/C24H24Cl2N4O2/c1-15-11-17(25)12-19(26)18(15)13-28-24(32)22-23(29-21-9-5-6-10-30(21)22)27-14-20(31)16-7-3-2-4-8-16/h2-4,7-8,11-12,27H,5-6,9-10,13-14H2,1H3,(H,28,32). The first-order valence-corrected chi connectivity index (χ1v) is 11.3. The smallest absolute Gasteiger partial charge is 0.272 e. The highest BCUT2D eigenvalue weighted by Crippen LogP contribution is 2.26. The lowest BCUT2D eigenvalue weighted by molar-refractivity contribution is 0.0939. The minimum absolute atomic E-state index is 0.0584. The van der Waals surface area contributed by atoms with Gasteiger partial charge in [-0.2, -0.15) is 0 Å². The first-order chi connectivity index (χ1) is 15.4. The summed E-state index contributed by atoms with van der Waals surface area (Å²) < 4.78 is 1.95. The number of nitrogens with one attached hydrogen (secondary N) is 2. The van der Waals surface area contributed by atoms with E-state index in [1.165, 1.54) is 0 Å². The van der Waals surface area contributed by atoms with Crippen LogP contribution in [0.5, 0.6) is 0 Å². The maximum absolute atomic E-state index is 13.2. The topological polar surface area (TPSA) is 76.0 Å². The molecule has 2 heterocycles. The van der Waals surface area contributed by atoms with Crippen molar-refractivity contribution in [1.82, 2.24) is 14.9 Å². The van der Waals surface area contributed by atoms with Crippen molar-refractivity contribution >= 4 is 40.7 Å². The Kier molecular flexibility index (Phi) is 6.82. The molecule has 0 unspecified atom stereocenters. The lowest BCUT2D eigenvalue weighted by atomic mass is 10.1. The van der Waals surface area contributed by atoms with Crippen LogP contribution in [-0.2, 0) is 19.5 Å². The van der Waals surface area contributed by atoms with E-state index in [0.29, 0.717) is 27.1 Å². The molecule has 8 heteroatoms. The molecule has 1 aliphatic rings. The van der Waals surface area contributed by atoms with Crippen LogP contribution in [0.25, 0.3) is 0 Å². The number of ketones is 1. The molecule has 0 saturated heterocycles. The molecule has 32 heavy (non-hydrogen) atoms. The van der Waals surface area contributed by atoms with Gasteiger partial charge in [0.05, 0.1) is 6.54 Å². The normalized spacial score (nSPS) is 12.8. The van der Waals surface area contributed by atoms with Crippen molar-refractivity contribution in [2.75, 3.05) is 11.9 Å². The summed E-state index contributed by atoms with van der Waals surface area (Å²) in [6.07, 6.45) is 2.81. The Morgan fingerprint density at radius 3 is 2.66 bits per heavy atom. The molecule has 0 saturated carbocycles. The van der Waals surface area contributed by atoms with Crippen molar-refractivity contribution in [2.24, 2.45) is 0 Å². The van der Waals surface area contributed by atoms with E-state index in [1.54, 1.807) is 18.2 Å². The van der Waals surface area contributed by atoms with Crippen molar-refractivity contribution in [3.8, 4) is 0 Å². The Balaban J connectivity index is 1.54. The molecule has 1 aliphatic heterocycles. The van der Waals surface area contributed by atoms with Crippen LogP contribution < -0.4 is 10.6 Å². The number of fused-ring (bicyclic) bond motifs is 1. The summed E-state index contributed by atoms with van der Waals surface area (Å²) in [6, 6.07) is 12.5. The van der Waals surface area contributed by atoms with E-state index in [-0.39, 0.29) is 24.8 Å². The minimum Gasteiger partial charge on any atom is -0.361 e. The van der Waals surface area contributed by atoms with Crippen LogP contribution in [0.15, 0.2) is 42.5 Å². The summed E-state index contributed by atoms with van der Waals surface area (Å²) in [6.45, 7) is 2.95. The number of carbonyl (C=O) groups is 2. The van der Waals surface area contributed by atoms with Gasteiger partial charge in [-0.05, 0) is 43.0 Å². The molecule has 3 aromatic rings. The van der Waals surface area contributed by atoms with Gasteiger partial charge in [0.2, 0.25) is 0 Å². The van der Waals surface area contributed by atoms with Crippen LogP contribution in [0, 0.1) is 6.92 Å². The fraction of sp³-hybridized carbons (Fsp3) is 0.292. The monoisotopic (exact) mass is 470 g/mol. The Morgan fingerprint density at radius 2 is 1.91 bits per heavy atom.